The van der Waals surface area contributed by atoms with Crippen molar-refractivity contribution in [2.75, 3.05) is 11.1 Å². The van der Waals surface area contributed by atoms with E-state index in [0.717, 1.165) is 16.7 Å². The van der Waals surface area contributed by atoms with Crippen molar-refractivity contribution in [3.8, 4) is 5.82 Å². The quantitative estimate of drug-likeness (QED) is 0.602. The van der Waals surface area contributed by atoms with Gasteiger partial charge < -0.3 is 15.5 Å². The molecule has 0 aliphatic rings. The van der Waals surface area contributed by atoms with E-state index in [-0.39, 0.29) is 5.95 Å². The lowest BCUT2D eigenvalue weighted by atomic mass is 10.2. The third-order valence-corrected chi connectivity index (χ3v) is 3.39. The number of hydrogen-bond acceptors (Lipinski definition) is 6. The molecular weight excluding hydrogens is 292 g/mol. The van der Waals surface area contributed by atoms with E-state index < -0.39 is 0 Å². The Morgan fingerprint density at radius 3 is 2.87 bits per heavy atom. The van der Waals surface area contributed by atoms with Crippen LogP contribution in [-0.4, -0.2) is 19.7 Å². The van der Waals surface area contributed by atoms with E-state index in [1.54, 1.807) is 23.1 Å². The van der Waals surface area contributed by atoms with E-state index in [1.165, 1.54) is 0 Å². The summed E-state index contributed by atoms with van der Waals surface area (Å²) < 4.78 is 7.40. The van der Waals surface area contributed by atoms with Gasteiger partial charge in [-0.15, -0.1) is 0 Å². The molecule has 3 heterocycles. The fourth-order valence-electron chi connectivity index (χ4n) is 2.37. The zero-order chi connectivity index (χ0) is 15.6. The van der Waals surface area contributed by atoms with Crippen LogP contribution in [0.15, 0.2) is 59.3 Å². The molecule has 0 saturated heterocycles. The van der Waals surface area contributed by atoms with Crippen LogP contribution in [0.3, 0.4) is 0 Å². The monoisotopic (exact) mass is 306 g/mol. The molecule has 0 unspecified atom stereocenters. The Labute approximate surface area is 131 Å². The van der Waals surface area contributed by atoms with Crippen molar-refractivity contribution in [3.63, 3.8) is 0 Å². The summed E-state index contributed by atoms with van der Waals surface area (Å²) in [6, 6.07) is 13.5. The van der Waals surface area contributed by atoms with Crippen LogP contribution in [0.5, 0.6) is 0 Å². The average molecular weight is 306 g/mol. The summed E-state index contributed by atoms with van der Waals surface area (Å²) >= 11 is 0. The van der Waals surface area contributed by atoms with E-state index in [0.29, 0.717) is 18.2 Å². The standard InChI is InChI=1S/C16H14N6O/c17-16-20-14(9-15(21-16)22-7-3-6-19-22)18-10-12-8-11-4-1-2-5-13(11)23-12/h1-9H,10H2,(H3,17,18,20,21). The number of fused-ring (bicyclic) bond motifs is 1. The molecule has 0 aliphatic heterocycles. The second-order valence-corrected chi connectivity index (χ2v) is 5.02. The van der Waals surface area contributed by atoms with E-state index in [9.17, 15) is 0 Å². The van der Waals surface area contributed by atoms with Crippen molar-refractivity contribution in [3.05, 3.63) is 60.6 Å². The summed E-state index contributed by atoms with van der Waals surface area (Å²) in [4.78, 5) is 8.36. The summed E-state index contributed by atoms with van der Waals surface area (Å²) in [6.07, 6.45) is 3.48. The number of para-hydroxylation sites is 1. The highest BCUT2D eigenvalue weighted by Crippen LogP contribution is 2.20. The molecule has 23 heavy (non-hydrogen) atoms. The Bertz CT molecular complexity index is 911. The number of nitrogens with zero attached hydrogens (tertiary/aromatic N) is 4. The Balaban J connectivity index is 1.56. The lowest BCUT2D eigenvalue weighted by Gasteiger charge is -2.07. The maximum absolute atomic E-state index is 5.77. The van der Waals surface area contributed by atoms with Gasteiger partial charge in [-0.25, -0.2) is 4.68 Å². The van der Waals surface area contributed by atoms with Crippen molar-refractivity contribution in [1.82, 2.24) is 19.7 Å². The van der Waals surface area contributed by atoms with Gasteiger partial charge in [-0.05, 0) is 18.2 Å². The van der Waals surface area contributed by atoms with E-state index in [1.807, 2.05) is 36.4 Å². The normalized spacial score (nSPS) is 11.0. The van der Waals surface area contributed by atoms with Crippen LogP contribution in [0.2, 0.25) is 0 Å². The van der Waals surface area contributed by atoms with Gasteiger partial charge >= 0.3 is 0 Å². The van der Waals surface area contributed by atoms with Crippen molar-refractivity contribution in [1.29, 1.82) is 0 Å². The van der Waals surface area contributed by atoms with Gasteiger partial charge in [-0.3, -0.25) is 0 Å². The van der Waals surface area contributed by atoms with Gasteiger partial charge in [-0.1, -0.05) is 18.2 Å². The predicted octanol–water partition coefficient (Wildman–Crippen LogP) is 2.60. The van der Waals surface area contributed by atoms with Crippen LogP contribution in [0.1, 0.15) is 5.76 Å². The van der Waals surface area contributed by atoms with Crippen molar-refractivity contribution >= 4 is 22.7 Å². The topological polar surface area (TPSA) is 94.8 Å². The number of nitrogens with one attached hydrogen (secondary N) is 1. The second kappa shape index (κ2) is 5.45. The number of nitrogens with two attached hydrogens (primary N) is 1. The molecular formula is C16H14N6O. The van der Waals surface area contributed by atoms with E-state index in [2.05, 4.69) is 20.4 Å². The van der Waals surface area contributed by atoms with E-state index in [4.69, 9.17) is 10.2 Å². The fourth-order valence-corrected chi connectivity index (χ4v) is 2.37. The van der Waals surface area contributed by atoms with Gasteiger partial charge in [-0.2, -0.15) is 15.1 Å². The number of furan rings is 1. The first kappa shape index (κ1) is 13.3. The number of aromatic nitrogens is 4. The first-order chi connectivity index (χ1) is 11.3. The number of benzene rings is 1. The number of hydrogen-bond donors (Lipinski definition) is 2. The Morgan fingerprint density at radius 1 is 1.13 bits per heavy atom. The number of rotatable bonds is 4. The molecule has 114 valence electrons. The minimum atomic E-state index is 0.185. The van der Waals surface area contributed by atoms with Crippen LogP contribution >= 0.6 is 0 Å². The second-order valence-electron chi connectivity index (χ2n) is 5.02. The lowest BCUT2D eigenvalue weighted by Crippen LogP contribution is -2.07. The first-order valence-electron chi connectivity index (χ1n) is 7.14. The van der Waals surface area contributed by atoms with Crippen molar-refractivity contribution in [2.45, 2.75) is 6.54 Å². The maximum atomic E-state index is 5.77. The molecule has 7 heteroatoms. The van der Waals surface area contributed by atoms with Gasteiger partial charge in [0.1, 0.15) is 17.2 Å². The van der Waals surface area contributed by atoms with Crippen LogP contribution < -0.4 is 11.1 Å². The summed E-state index contributed by atoms with van der Waals surface area (Å²) in [6.45, 7) is 0.504. The molecule has 1 aromatic carbocycles. The predicted molar refractivity (Wildman–Crippen MR) is 87.1 cm³/mol. The van der Waals surface area contributed by atoms with Crippen LogP contribution in [0, 0.1) is 0 Å². The lowest BCUT2D eigenvalue weighted by molar-refractivity contribution is 0.559. The van der Waals surface area contributed by atoms with Gasteiger partial charge in [0.05, 0.1) is 6.54 Å². The Hall–Kier alpha value is -3.35. The minimum Gasteiger partial charge on any atom is -0.459 e. The highest BCUT2D eigenvalue weighted by Gasteiger charge is 2.07. The van der Waals surface area contributed by atoms with Gasteiger partial charge in [0.25, 0.3) is 0 Å². The van der Waals surface area contributed by atoms with Gasteiger partial charge in [0.15, 0.2) is 5.82 Å². The Kier molecular flexibility index (Phi) is 3.16. The molecule has 0 spiro atoms. The highest BCUT2D eigenvalue weighted by molar-refractivity contribution is 5.77. The molecule has 3 aromatic heterocycles. The van der Waals surface area contributed by atoms with Crippen molar-refractivity contribution < 1.29 is 4.42 Å². The zero-order valence-corrected chi connectivity index (χ0v) is 12.2. The fraction of sp³-hybridized carbons (Fsp3) is 0.0625. The minimum absolute atomic E-state index is 0.185. The molecule has 0 amide bonds. The number of anilines is 2. The zero-order valence-electron chi connectivity index (χ0n) is 12.2. The molecule has 0 radical (unpaired) electrons. The van der Waals surface area contributed by atoms with Crippen LogP contribution in [-0.2, 0) is 6.54 Å². The molecule has 3 N–H and O–H groups in total. The molecule has 0 saturated carbocycles. The largest absolute Gasteiger partial charge is 0.459 e. The maximum Gasteiger partial charge on any atom is 0.224 e. The van der Waals surface area contributed by atoms with Crippen LogP contribution in [0.25, 0.3) is 16.8 Å². The molecule has 0 bridgehead atoms. The molecule has 0 aliphatic carbocycles. The molecule has 4 aromatic rings. The molecule has 0 atom stereocenters. The Morgan fingerprint density at radius 2 is 2.04 bits per heavy atom. The number of nitrogen functional groups attached to an aromatic ring is 1. The highest BCUT2D eigenvalue weighted by atomic mass is 16.3. The summed E-state index contributed by atoms with van der Waals surface area (Å²) in [5, 5.41) is 8.41. The summed E-state index contributed by atoms with van der Waals surface area (Å²) in [7, 11) is 0. The van der Waals surface area contributed by atoms with E-state index >= 15 is 0 Å². The van der Waals surface area contributed by atoms with Gasteiger partial charge in [0, 0.05) is 23.8 Å². The third kappa shape index (κ3) is 2.71. The molecule has 7 nitrogen and oxygen atoms in total. The summed E-state index contributed by atoms with van der Waals surface area (Å²) in [5.74, 6) is 2.23. The first-order valence-corrected chi connectivity index (χ1v) is 7.14. The SMILES string of the molecule is Nc1nc(NCc2cc3ccccc3o2)cc(-n2cccn2)n1. The van der Waals surface area contributed by atoms with Crippen LogP contribution in [0.4, 0.5) is 11.8 Å². The summed E-state index contributed by atoms with van der Waals surface area (Å²) in [5.41, 5.74) is 6.63. The van der Waals surface area contributed by atoms with Gasteiger partial charge in [0.2, 0.25) is 5.95 Å². The molecule has 4 rings (SSSR count). The van der Waals surface area contributed by atoms with Crippen molar-refractivity contribution in [2.24, 2.45) is 0 Å². The average Bonchev–Trinajstić information content (AvgIpc) is 3.21. The third-order valence-electron chi connectivity index (χ3n) is 3.39. The molecule has 0 fully saturated rings. The smallest absolute Gasteiger partial charge is 0.224 e.